The quantitative estimate of drug-likeness (QED) is 0.565. The molecule has 0 saturated heterocycles. The number of pyridine rings is 1. The Morgan fingerprint density at radius 3 is 2.33 bits per heavy atom. The molecule has 0 aliphatic heterocycles. The maximum absolute atomic E-state index is 12.7. The van der Waals surface area contributed by atoms with E-state index in [0.717, 1.165) is 5.56 Å². The fraction of sp³-hybridized carbons (Fsp3) is 0.182. The number of anilines is 1. The molecule has 7 nitrogen and oxygen atoms in total. The van der Waals surface area contributed by atoms with Crippen LogP contribution >= 0.6 is 11.6 Å². The minimum Gasteiger partial charge on any atom is -0.493 e. The van der Waals surface area contributed by atoms with Gasteiger partial charge in [0, 0.05) is 29.7 Å². The molecule has 1 N–H and O–H groups in total. The lowest BCUT2D eigenvalue weighted by molar-refractivity contribution is 0.102. The highest BCUT2D eigenvalue weighted by Gasteiger charge is 2.16. The lowest BCUT2D eigenvalue weighted by Crippen LogP contribution is -2.12. The maximum Gasteiger partial charge on any atom is 0.255 e. The van der Waals surface area contributed by atoms with Crippen LogP contribution in [0.5, 0.6) is 23.0 Å². The van der Waals surface area contributed by atoms with Crippen molar-refractivity contribution < 1.29 is 23.7 Å². The highest BCUT2D eigenvalue weighted by Crippen LogP contribution is 2.36. The van der Waals surface area contributed by atoms with Crippen molar-refractivity contribution in [1.82, 2.24) is 4.98 Å². The van der Waals surface area contributed by atoms with E-state index >= 15 is 0 Å². The predicted octanol–water partition coefficient (Wildman–Crippen LogP) is 4.59. The number of nitrogens with one attached hydrogen (secondary N) is 1. The van der Waals surface area contributed by atoms with Gasteiger partial charge in [-0.25, -0.2) is 0 Å². The molecule has 0 unspecified atom stereocenters. The summed E-state index contributed by atoms with van der Waals surface area (Å²) in [4.78, 5) is 16.7. The van der Waals surface area contributed by atoms with Gasteiger partial charge in [-0.05, 0) is 42.0 Å². The molecular weight excluding hydrogens is 408 g/mol. The molecule has 3 rings (SSSR count). The van der Waals surface area contributed by atoms with Gasteiger partial charge in [0.2, 0.25) is 0 Å². The van der Waals surface area contributed by atoms with Crippen LogP contribution < -0.4 is 24.3 Å². The van der Waals surface area contributed by atoms with Crippen LogP contribution in [0.4, 0.5) is 5.69 Å². The molecule has 0 spiro atoms. The summed E-state index contributed by atoms with van der Waals surface area (Å²) in [5.74, 6) is 1.43. The van der Waals surface area contributed by atoms with Crippen LogP contribution in [-0.4, -0.2) is 32.2 Å². The summed E-state index contributed by atoms with van der Waals surface area (Å²) in [7, 11) is 4.51. The number of carbonyl (C=O) groups is 1. The fourth-order valence-corrected chi connectivity index (χ4v) is 3.05. The second kappa shape index (κ2) is 9.84. The monoisotopic (exact) mass is 428 g/mol. The normalized spacial score (nSPS) is 10.3. The first-order valence-electron chi connectivity index (χ1n) is 8.98. The number of ether oxygens (including phenoxy) is 4. The summed E-state index contributed by atoms with van der Waals surface area (Å²) in [5.41, 5.74) is 1.82. The molecule has 1 aromatic heterocycles. The van der Waals surface area contributed by atoms with Crippen molar-refractivity contribution >= 4 is 23.2 Å². The molecule has 0 saturated carbocycles. The molecule has 0 aliphatic rings. The number of benzene rings is 2. The Hall–Kier alpha value is -3.45. The number of hydrogen-bond acceptors (Lipinski definition) is 6. The number of methoxy groups -OCH3 is 3. The second-order valence-corrected chi connectivity index (χ2v) is 6.56. The van der Waals surface area contributed by atoms with E-state index in [4.69, 9.17) is 30.5 Å². The summed E-state index contributed by atoms with van der Waals surface area (Å²) < 4.78 is 21.7. The summed E-state index contributed by atoms with van der Waals surface area (Å²) >= 11 is 6.20. The summed E-state index contributed by atoms with van der Waals surface area (Å²) in [5, 5.41) is 3.10. The van der Waals surface area contributed by atoms with E-state index in [0.29, 0.717) is 40.9 Å². The second-order valence-electron chi connectivity index (χ2n) is 6.16. The summed E-state index contributed by atoms with van der Waals surface area (Å²) in [6, 6.07) is 11.9. The van der Waals surface area contributed by atoms with E-state index in [1.807, 2.05) is 12.1 Å². The molecular formula is C22H21ClN2O5. The number of carbonyl (C=O) groups excluding carboxylic acids is 1. The molecule has 156 valence electrons. The third-order valence-electron chi connectivity index (χ3n) is 4.26. The first-order valence-corrected chi connectivity index (χ1v) is 9.36. The molecule has 0 atom stereocenters. The Morgan fingerprint density at radius 2 is 1.67 bits per heavy atom. The Kier molecular flexibility index (Phi) is 6.98. The predicted molar refractivity (Wildman–Crippen MR) is 114 cm³/mol. The van der Waals surface area contributed by atoms with Gasteiger partial charge in [0.1, 0.15) is 6.61 Å². The SMILES string of the molecule is COc1ccc(NC(=O)c2cc(Cl)c(OC)c(OC)c2)cc1OCc1ccncc1. The van der Waals surface area contributed by atoms with E-state index in [2.05, 4.69) is 10.3 Å². The first kappa shape index (κ1) is 21.3. The zero-order chi connectivity index (χ0) is 21.5. The summed E-state index contributed by atoms with van der Waals surface area (Å²) in [6.45, 7) is 0.335. The van der Waals surface area contributed by atoms with E-state index < -0.39 is 0 Å². The van der Waals surface area contributed by atoms with Crippen LogP contribution in [0.25, 0.3) is 0 Å². The van der Waals surface area contributed by atoms with Gasteiger partial charge in [0.15, 0.2) is 23.0 Å². The Balaban J connectivity index is 1.79. The number of nitrogens with zero attached hydrogens (tertiary/aromatic N) is 1. The van der Waals surface area contributed by atoms with Gasteiger partial charge in [-0.15, -0.1) is 0 Å². The number of rotatable bonds is 8. The van der Waals surface area contributed by atoms with E-state index in [9.17, 15) is 4.79 Å². The first-order chi connectivity index (χ1) is 14.5. The third-order valence-corrected chi connectivity index (χ3v) is 4.54. The van der Waals surface area contributed by atoms with Crippen LogP contribution in [-0.2, 0) is 6.61 Å². The third kappa shape index (κ3) is 4.93. The summed E-state index contributed by atoms with van der Waals surface area (Å²) in [6.07, 6.45) is 3.39. The number of aromatic nitrogens is 1. The molecule has 1 heterocycles. The van der Waals surface area contributed by atoms with Crippen LogP contribution in [0.1, 0.15) is 15.9 Å². The van der Waals surface area contributed by atoms with Crippen molar-refractivity contribution in [2.45, 2.75) is 6.61 Å². The highest BCUT2D eigenvalue weighted by atomic mass is 35.5. The molecule has 3 aromatic rings. The molecule has 0 radical (unpaired) electrons. The van der Waals surface area contributed by atoms with E-state index in [1.54, 1.807) is 43.8 Å². The lowest BCUT2D eigenvalue weighted by atomic mass is 10.1. The van der Waals surface area contributed by atoms with Gasteiger partial charge < -0.3 is 24.3 Å². The van der Waals surface area contributed by atoms with Crippen molar-refractivity contribution in [1.29, 1.82) is 0 Å². The van der Waals surface area contributed by atoms with E-state index in [-0.39, 0.29) is 10.9 Å². The standard InChI is InChI=1S/C22H21ClN2O5/c1-27-18-5-4-16(12-19(18)30-13-14-6-8-24-9-7-14)25-22(26)15-10-17(23)21(29-3)20(11-15)28-2/h4-12H,13H2,1-3H3,(H,25,26). The van der Waals surface area contributed by atoms with Crippen molar-refractivity contribution in [2.75, 3.05) is 26.6 Å². The van der Waals surface area contributed by atoms with Gasteiger partial charge in [-0.3, -0.25) is 9.78 Å². The molecule has 8 heteroatoms. The lowest BCUT2D eigenvalue weighted by Gasteiger charge is -2.14. The zero-order valence-electron chi connectivity index (χ0n) is 16.8. The number of amides is 1. The number of hydrogen-bond donors (Lipinski definition) is 1. The topological polar surface area (TPSA) is 78.9 Å². The minimum atomic E-state index is -0.358. The molecule has 0 bridgehead atoms. The highest BCUT2D eigenvalue weighted by molar-refractivity contribution is 6.32. The van der Waals surface area contributed by atoms with Crippen LogP contribution in [0, 0.1) is 0 Å². The maximum atomic E-state index is 12.7. The van der Waals surface area contributed by atoms with Crippen molar-refractivity contribution in [3.05, 3.63) is 71.0 Å². The largest absolute Gasteiger partial charge is 0.493 e. The van der Waals surface area contributed by atoms with Gasteiger partial charge in [-0.1, -0.05) is 11.6 Å². The zero-order valence-corrected chi connectivity index (χ0v) is 17.5. The van der Waals surface area contributed by atoms with Gasteiger partial charge >= 0.3 is 0 Å². The average Bonchev–Trinajstić information content (AvgIpc) is 2.77. The minimum absolute atomic E-state index is 0.276. The smallest absolute Gasteiger partial charge is 0.255 e. The molecule has 0 aliphatic carbocycles. The van der Waals surface area contributed by atoms with Gasteiger partial charge in [0.05, 0.1) is 26.4 Å². The van der Waals surface area contributed by atoms with Crippen molar-refractivity contribution in [2.24, 2.45) is 0 Å². The average molecular weight is 429 g/mol. The molecule has 0 fully saturated rings. The van der Waals surface area contributed by atoms with Crippen molar-refractivity contribution in [3.8, 4) is 23.0 Å². The van der Waals surface area contributed by atoms with Crippen LogP contribution in [0.15, 0.2) is 54.9 Å². The Bertz CT molecular complexity index is 1030. The Labute approximate surface area is 179 Å². The van der Waals surface area contributed by atoms with Crippen LogP contribution in [0.3, 0.4) is 0 Å². The van der Waals surface area contributed by atoms with Crippen molar-refractivity contribution in [3.63, 3.8) is 0 Å². The van der Waals surface area contributed by atoms with Gasteiger partial charge in [0.25, 0.3) is 5.91 Å². The fourth-order valence-electron chi connectivity index (χ4n) is 2.76. The van der Waals surface area contributed by atoms with Crippen LogP contribution in [0.2, 0.25) is 5.02 Å². The Morgan fingerprint density at radius 1 is 0.933 bits per heavy atom. The molecule has 2 aromatic carbocycles. The number of halogens is 1. The molecule has 30 heavy (non-hydrogen) atoms. The van der Waals surface area contributed by atoms with Gasteiger partial charge in [-0.2, -0.15) is 0 Å². The van der Waals surface area contributed by atoms with E-state index in [1.165, 1.54) is 20.3 Å². The molecule has 1 amide bonds.